The first-order chi connectivity index (χ1) is 12.4. The zero-order valence-corrected chi connectivity index (χ0v) is 14.9. The lowest BCUT2D eigenvalue weighted by molar-refractivity contribution is 0.600. The molecule has 0 saturated carbocycles. The highest BCUT2D eigenvalue weighted by Crippen LogP contribution is 2.22. The number of para-hydroxylation sites is 1. The third kappa shape index (κ3) is 3.50. The maximum absolute atomic E-state index is 12.5. The lowest BCUT2D eigenvalue weighted by atomic mass is 10.2. The minimum atomic E-state index is -3.76. The molecule has 2 heterocycles. The van der Waals surface area contributed by atoms with Gasteiger partial charge in [-0.1, -0.05) is 12.1 Å². The molecule has 1 aromatic carbocycles. The topological polar surface area (TPSA) is 124 Å². The van der Waals surface area contributed by atoms with Crippen molar-refractivity contribution in [2.45, 2.75) is 18.7 Å². The summed E-state index contributed by atoms with van der Waals surface area (Å²) in [4.78, 5) is 4.32. The van der Waals surface area contributed by atoms with E-state index in [2.05, 4.69) is 31.3 Å². The molecule has 0 unspecified atom stereocenters. The molecule has 0 aliphatic rings. The number of nitriles is 1. The van der Waals surface area contributed by atoms with E-state index in [9.17, 15) is 8.42 Å². The molecule has 0 spiro atoms. The molecule has 0 amide bonds. The Kier molecular flexibility index (Phi) is 4.60. The Balaban J connectivity index is 1.79. The van der Waals surface area contributed by atoms with Gasteiger partial charge in [0.15, 0.2) is 0 Å². The molecule has 0 aliphatic heterocycles. The summed E-state index contributed by atoms with van der Waals surface area (Å²) in [6.07, 6.45) is 1.40. The number of H-pyrrole nitrogens is 1. The Morgan fingerprint density at radius 1 is 1.15 bits per heavy atom. The maximum Gasteiger partial charge on any atom is 0.265 e. The summed E-state index contributed by atoms with van der Waals surface area (Å²) < 4.78 is 27.5. The average Bonchev–Trinajstić information content (AvgIpc) is 2.96. The highest BCUT2D eigenvalue weighted by Gasteiger charge is 2.22. The Morgan fingerprint density at radius 2 is 1.92 bits per heavy atom. The van der Waals surface area contributed by atoms with E-state index in [0.717, 1.165) is 0 Å². The molecule has 0 radical (unpaired) electrons. The van der Waals surface area contributed by atoms with Gasteiger partial charge in [0, 0.05) is 0 Å². The first-order valence-electron chi connectivity index (χ1n) is 7.67. The molecule has 3 rings (SSSR count). The van der Waals surface area contributed by atoms with Gasteiger partial charge in [-0.3, -0.25) is 9.82 Å². The molecule has 2 aromatic heterocycles. The predicted molar refractivity (Wildman–Crippen MR) is 97.5 cm³/mol. The number of hydrogen-bond donors (Lipinski definition) is 3. The second-order valence-electron chi connectivity index (χ2n) is 5.58. The average molecular weight is 368 g/mol. The zero-order valence-electron chi connectivity index (χ0n) is 14.1. The molecule has 0 fully saturated rings. The number of benzene rings is 1. The smallest absolute Gasteiger partial charge is 0.265 e. The van der Waals surface area contributed by atoms with Gasteiger partial charge < -0.3 is 5.32 Å². The van der Waals surface area contributed by atoms with Gasteiger partial charge >= 0.3 is 0 Å². The number of pyridine rings is 1. The third-order valence-corrected chi connectivity index (χ3v) is 5.30. The fraction of sp³-hybridized carbons (Fsp3) is 0.118. The van der Waals surface area contributed by atoms with Crippen molar-refractivity contribution >= 4 is 27.2 Å². The van der Waals surface area contributed by atoms with E-state index < -0.39 is 10.0 Å². The maximum atomic E-state index is 12.5. The Bertz CT molecular complexity index is 1060. The van der Waals surface area contributed by atoms with E-state index in [4.69, 9.17) is 5.26 Å². The minimum absolute atomic E-state index is 0.127. The van der Waals surface area contributed by atoms with Crippen LogP contribution in [0.1, 0.15) is 17.0 Å². The van der Waals surface area contributed by atoms with E-state index >= 15 is 0 Å². The van der Waals surface area contributed by atoms with Crippen LogP contribution in [0.15, 0.2) is 47.5 Å². The zero-order chi connectivity index (χ0) is 18.7. The number of nitrogens with zero attached hydrogens (tertiary/aromatic N) is 3. The normalized spacial score (nSPS) is 11.0. The quantitative estimate of drug-likeness (QED) is 0.636. The van der Waals surface area contributed by atoms with Crippen LogP contribution in [0.3, 0.4) is 0 Å². The lowest BCUT2D eigenvalue weighted by Crippen LogP contribution is -2.14. The van der Waals surface area contributed by atoms with Crippen LogP contribution in [0.2, 0.25) is 0 Å². The van der Waals surface area contributed by atoms with Crippen molar-refractivity contribution in [2.24, 2.45) is 0 Å². The van der Waals surface area contributed by atoms with E-state index in [0.29, 0.717) is 34.1 Å². The van der Waals surface area contributed by atoms with Crippen LogP contribution in [0.4, 0.5) is 17.2 Å². The van der Waals surface area contributed by atoms with Gasteiger partial charge in [0.2, 0.25) is 0 Å². The number of aromatic nitrogens is 3. The second-order valence-corrected chi connectivity index (χ2v) is 7.20. The number of sulfonamides is 1. The van der Waals surface area contributed by atoms with E-state index in [1.165, 1.54) is 6.20 Å². The molecule has 3 aromatic rings. The van der Waals surface area contributed by atoms with Gasteiger partial charge in [0.25, 0.3) is 10.0 Å². The molecule has 132 valence electrons. The summed E-state index contributed by atoms with van der Waals surface area (Å²) >= 11 is 0. The summed E-state index contributed by atoms with van der Waals surface area (Å²) in [5.41, 5.74) is 2.30. The highest BCUT2D eigenvalue weighted by atomic mass is 32.2. The number of hydrogen-bond acceptors (Lipinski definition) is 6. The summed E-state index contributed by atoms with van der Waals surface area (Å²) in [7, 11) is -3.76. The number of nitrogens with one attached hydrogen (secondary N) is 3. The van der Waals surface area contributed by atoms with Crippen molar-refractivity contribution in [2.75, 3.05) is 10.0 Å². The van der Waals surface area contributed by atoms with Gasteiger partial charge in [0.05, 0.1) is 34.5 Å². The minimum Gasteiger partial charge on any atom is -0.339 e. The van der Waals surface area contributed by atoms with E-state index in [1.54, 1.807) is 50.2 Å². The second kappa shape index (κ2) is 6.85. The van der Waals surface area contributed by atoms with Gasteiger partial charge in [-0.15, -0.1) is 0 Å². The van der Waals surface area contributed by atoms with Gasteiger partial charge in [-0.05, 0) is 38.1 Å². The van der Waals surface area contributed by atoms with Gasteiger partial charge in [0.1, 0.15) is 16.8 Å². The number of aryl methyl sites for hydroxylation is 2. The van der Waals surface area contributed by atoms with Crippen LogP contribution in [0.5, 0.6) is 0 Å². The van der Waals surface area contributed by atoms with Gasteiger partial charge in [-0.2, -0.15) is 10.4 Å². The molecule has 0 aliphatic carbocycles. The fourth-order valence-corrected chi connectivity index (χ4v) is 3.91. The van der Waals surface area contributed by atoms with Gasteiger partial charge in [-0.25, -0.2) is 13.4 Å². The molecule has 3 N–H and O–H groups in total. The first kappa shape index (κ1) is 17.4. The molecular formula is C17H16N6O2S. The van der Waals surface area contributed by atoms with Crippen LogP contribution in [-0.4, -0.2) is 23.6 Å². The van der Waals surface area contributed by atoms with Crippen LogP contribution >= 0.6 is 0 Å². The molecule has 9 heteroatoms. The highest BCUT2D eigenvalue weighted by molar-refractivity contribution is 7.92. The molecule has 0 saturated heterocycles. The first-order valence-corrected chi connectivity index (χ1v) is 9.15. The number of anilines is 3. The molecule has 0 atom stereocenters. The predicted octanol–water partition coefficient (Wildman–Crippen LogP) is 2.84. The van der Waals surface area contributed by atoms with Crippen molar-refractivity contribution in [3.8, 4) is 6.07 Å². The summed E-state index contributed by atoms with van der Waals surface area (Å²) in [6.45, 7) is 3.27. The van der Waals surface area contributed by atoms with Crippen LogP contribution in [0.25, 0.3) is 0 Å². The molecule has 8 nitrogen and oxygen atoms in total. The van der Waals surface area contributed by atoms with E-state index in [1.807, 2.05) is 0 Å². The lowest BCUT2D eigenvalue weighted by Gasteiger charge is -2.10. The number of aromatic amines is 1. The van der Waals surface area contributed by atoms with Crippen LogP contribution in [0, 0.1) is 25.2 Å². The Morgan fingerprint density at radius 3 is 2.54 bits per heavy atom. The SMILES string of the molecule is Cc1n[nH]c(C)c1S(=O)(=O)Nc1ccc(Nc2ccccc2C#N)nc1. The van der Waals surface area contributed by atoms with Crippen LogP contribution < -0.4 is 10.0 Å². The largest absolute Gasteiger partial charge is 0.339 e. The third-order valence-electron chi connectivity index (χ3n) is 3.66. The molecule has 26 heavy (non-hydrogen) atoms. The molecule has 0 bridgehead atoms. The fourth-order valence-electron chi connectivity index (χ4n) is 2.50. The van der Waals surface area contributed by atoms with Crippen LogP contribution in [-0.2, 0) is 10.0 Å². The molecular weight excluding hydrogens is 352 g/mol. The summed E-state index contributed by atoms with van der Waals surface area (Å²) in [5.74, 6) is 0.492. The van der Waals surface area contributed by atoms with Crippen molar-refractivity contribution in [1.82, 2.24) is 15.2 Å². The Labute approximate surface area is 151 Å². The number of rotatable bonds is 5. The van der Waals surface area contributed by atoms with Crippen molar-refractivity contribution in [1.29, 1.82) is 5.26 Å². The summed E-state index contributed by atoms with van der Waals surface area (Å²) in [5, 5.41) is 18.7. The van der Waals surface area contributed by atoms with Crippen molar-refractivity contribution in [3.63, 3.8) is 0 Å². The van der Waals surface area contributed by atoms with E-state index in [-0.39, 0.29) is 4.90 Å². The monoisotopic (exact) mass is 368 g/mol. The Hall–Kier alpha value is -3.38. The van der Waals surface area contributed by atoms with Crippen molar-refractivity contribution < 1.29 is 8.42 Å². The standard InChI is InChI=1S/C17H16N6O2S/c1-11-17(12(2)22-21-11)26(24,25)23-14-7-8-16(19-10-14)20-15-6-4-3-5-13(15)9-18/h3-8,10,23H,1-2H3,(H,19,20)(H,21,22). The van der Waals surface area contributed by atoms with Crippen molar-refractivity contribution in [3.05, 3.63) is 59.5 Å². The summed E-state index contributed by atoms with van der Waals surface area (Å²) in [6, 6.07) is 12.3.